The Balaban J connectivity index is 1.87. The Morgan fingerprint density at radius 3 is 2.45 bits per heavy atom. The molecule has 6 heteroatoms. The maximum absolute atomic E-state index is 12.5. The molecule has 29 heavy (non-hydrogen) atoms. The van der Waals surface area contributed by atoms with Crippen molar-refractivity contribution in [1.29, 1.82) is 0 Å². The van der Waals surface area contributed by atoms with Crippen LogP contribution in [0.2, 0.25) is 5.02 Å². The van der Waals surface area contributed by atoms with E-state index in [1.54, 1.807) is 32.4 Å². The van der Waals surface area contributed by atoms with Gasteiger partial charge < -0.3 is 14.5 Å². The molecule has 0 saturated heterocycles. The quantitative estimate of drug-likeness (QED) is 0.572. The van der Waals surface area contributed by atoms with E-state index in [1.807, 2.05) is 24.3 Å². The van der Waals surface area contributed by atoms with Crippen molar-refractivity contribution in [3.63, 3.8) is 0 Å². The zero-order chi connectivity index (χ0) is 21.0. The second kappa shape index (κ2) is 9.33. The van der Waals surface area contributed by atoms with Gasteiger partial charge in [0.1, 0.15) is 0 Å². The molecule has 0 bridgehead atoms. The number of aromatic amines is 1. The van der Waals surface area contributed by atoms with Gasteiger partial charge in [-0.1, -0.05) is 31.5 Å². The highest BCUT2D eigenvalue weighted by Gasteiger charge is 2.13. The van der Waals surface area contributed by atoms with Gasteiger partial charge in [0.2, 0.25) is 0 Å². The van der Waals surface area contributed by atoms with E-state index in [9.17, 15) is 4.79 Å². The van der Waals surface area contributed by atoms with Crippen LogP contribution in [0.1, 0.15) is 25.1 Å². The minimum atomic E-state index is -0.0214. The molecule has 5 nitrogen and oxygen atoms in total. The standard InChI is InChI=1S/C23H27ClN2O3/c1-15(2)12-26(13-16-5-8-22(28-3)23(9-16)29-4)14-18-11-21(27)19-10-17(24)6-7-20(19)25-18/h5-11,15H,12-14H2,1-4H3,(H,25,27). The maximum Gasteiger partial charge on any atom is 0.189 e. The summed E-state index contributed by atoms with van der Waals surface area (Å²) in [7, 11) is 3.27. The van der Waals surface area contributed by atoms with Gasteiger partial charge in [-0.2, -0.15) is 0 Å². The molecule has 0 fully saturated rings. The third-order valence-electron chi connectivity index (χ3n) is 4.72. The number of aromatic nitrogens is 1. The lowest BCUT2D eigenvalue weighted by Crippen LogP contribution is -2.28. The molecule has 0 saturated carbocycles. The van der Waals surface area contributed by atoms with E-state index in [1.165, 1.54) is 0 Å². The summed E-state index contributed by atoms with van der Waals surface area (Å²) in [5.41, 5.74) is 2.78. The van der Waals surface area contributed by atoms with Crippen LogP contribution in [-0.4, -0.2) is 30.6 Å². The average Bonchev–Trinajstić information content (AvgIpc) is 2.68. The van der Waals surface area contributed by atoms with Crippen LogP contribution in [-0.2, 0) is 13.1 Å². The van der Waals surface area contributed by atoms with Crippen molar-refractivity contribution in [2.24, 2.45) is 5.92 Å². The van der Waals surface area contributed by atoms with Gasteiger partial charge in [-0.3, -0.25) is 9.69 Å². The van der Waals surface area contributed by atoms with E-state index in [4.69, 9.17) is 21.1 Å². The zero-order valence-corrected chi connectivity index (χ0v) is 18.0. The summed E-state index contributed by atoms with van der Waals surface area (Å²) in [6.45, 7) is 6.65. The summed E-state index contributed by atoms with van der Waals surface area (Å²) in [5, 5.41) is 1.17. The fourth-order valence-corrected chi connectivity index (χ4v) is 3.71. The highest BCUT2D eigenvalue weighted by molar-refractivity contribution is 6.31. The SMILES string of the molecule is COc1ccc(CN(Cc2cc(=O)c3cc(Cl)ccc3[nH]2)CC(C)C)cc1OC. The molecule has 0 atom stereocenters. The third-order valence-corrected chi connectivity index (χ3v) is 4.95. The van der Waals surface area contributed by atoms with E-state index >= 15 is 0 Å². The lowest BCUT2D eigenvalue weighted by molar-refractivity contribution is 0.225. The van der Waals surface area contributed by atoms with Crippen LogP contribution < -0.4 is 14.9 Å². The van der Waals surface area contributed by atoms with Gasteiger partial charge in [0.25, 0.3) is 0 Å². The molecular formula is C23H27ClN2O3. The molecular weight excluding hydrogens is 388 g/mol. The summed E-state index contributed by atoms with van der Waals surface area (Å²) >= 11 is 6.03. The molecule has 154 valence electrons. The number of hydrogen-bond acceptors (Lipinski definition) is 4. The highest BCUT2D eigenvalue weighted by atomic mass is 35.5. The van der Waals surface area contributed by atoms with Gasteiger partial charge in [-0.15, -0.1) is 0 Å². The first-order chi connectivity index (χ1) is 13.9. The molecule has 0 unspecified atom stereocenters. The molecule has 0 spiro atoms. The fourth-order valence-electron chi connectivity index (χ4n) is 3.54. The number of nitrogens with zero attached hydrogens (tertiary/aromatic N) is 1. The van der Waals surface area contributed by atoms with E-state index in [0.717, 1.165) is 29.9 Å². The first-order valence-electron chi connectivity index (χ1n) is 9.64. The van der Waals surface area contributed by atoms with Crippen molar-refractivity contribution < 1.29 is 9.47 Å². The monoisotopic (exact) mass is 414 g/mol. The lowest BCUT2D eigenvalue weighted by atomic mass is 10.1. The Morgan fingerprint density at radius 2 is 1.76 bits per heavy atom. The molecule has 1 heterocycles. The van der Waals surface area contributed by atoms with Crippen LogP contribution in [0.4, 0.5) is 0 Å². The normalized spacial score (nSPS) is 11.4. The Kier molecular flexibility index (Phi) is 6.83. The number of hydrogen-bond donors (Lipinski definition) is 1. The van der Waals surface area contributed by atoms with Gasteiger partial charge in [0.15, 0.2) is 16.9 Å². The number of fused-ring (bicyclic) bond motifs is 1. The molecule has 1 N–H and O–H groups in total. The van der Waals surface area contributed by atoms with E-state index in [-0.39, 0.29) is 5.43 Å². The van der Waals surface area contributed by atoms with Gasteiger partial charge in [0.05, 0.1) is 14.2 Å². The number of benzene rings is 2. The van der Waals surface area contributed by atoms with E-state index in [0.29, 0.717) is 34.4 Å². The summed E-state index contributed by atoms with van der Waals surface area (Å²) < 4.78 is 10.8. The Hall–Kier alpha value is -2.50. The zero-order valence-electron chi connectivity index (χ0n) is 17.3. The first-order valence-corrected chi connectivity index (χ1v) is 10.0. The average molecular weight is 415 g/mol. The molecule has 0 aliphatic carbocycles. The Bertz CT molecular complexity index is 1050. The smallest absolute Gasteiger partial charge is 0.189 e. The lowest BCUT2D eigenvalue weighted by Gasteiger charge is -2.25. The molecule has 0 amide bonds. The third kappa shape index (κ3) is 5.31. The Morgan fingerprint density at radius 1 is 1.00 bits per heavy atom. The van der Waals surface area contributed by atoms with Crippen molar-refractivity contribution in [2.45, 2.75) is 26.9 Å². The van der Waals surface area contributed by atoms with Crippen molar-refractivity contribution in [2.75, 3.05) is 20.8 Å². The van der Waals surface area contributed by atoms with Crippen molar-refractivity contribution in [1.82, 2.24) is 9.88 Å². The molecule has 0 aliphatic heterocycles. The molecule has 0 aliphatic rings. The number of ether oxygens (including phenoxy) is 2. The molecule has 1 aromatic heterocycles. The van der Waals surface area contributed by atoms with Crippen LogP contribution in [0.5, 0.6) is 11.5 Å². The molecule has 3 aromatic rings. The molecule has 2 aromatic carbocycles. The van der Waals surface area contributed by atoms with E-state index in [2.05, 4.69) is 23.7 Å². The molecule has 0 radical (unpaired) electrons. The summed E-state index contributed by atoms with van der Waals surface area (Å²) in [6, 6.07) is 13.0. The second-order valence-electron chi connectivity index (χ2n) is 7.60. The maximum atomic E-state index is 12.5. The van der Waals surface area contributed by atoms with Crippen LogP contribution in [0.15, 0.2) is 47.3 Å². The predicted octanol–water partition coefficient (Wildman–Crippen LogP) is 4.86. The second-order valence-corrected chi connectivity index (χ2v) is 8.04. The van der Waals surface area contributed by atoms with Crippen LogP contribution in [0.25, 0.3) is 10.9 Å². The van der Waals surface area contributed by atoms with Gasteiger partial charge in [-0.25, -0.2) is 0 Å². The number of nitrogens with one attached hydrogen (secondary N) is 1. The minimum Gasteiger partial charge on any atom is -0.493 e. The number of pyridine rings is 1. The minimum absolute atomic E-state index is 0.0214. The number of methoxy groups -OCH3 is 2. The number of H-pyrrole nitrogens is 1. The van der Waals surface area contributed by atoms with Crippen molar-refractivity contribution in [3.05, 3.63) is 69.0 Å². The predicted molar refractivity (Wildman–Crippen MR) is 118 cm³/mol. The van der Waals surface area contributed by atoms with Crippen LogP contribution >= 0.6 is 11.6 Å². The summed E-state index contributed by atoms with van der Waals surface area (Å²) in [6.07, 6.45) is 0. The fraction of sp³-hybridized carbons (Fsp3) is 0.348. The van der Waals surface area contributed by atoms with Crippen molar-refractivity contribution in [3.8, 4) is 11.5 Å². The van der Waals surface area contributed by atoms with Gasteiger partial charge in [-0.05, 0) is 41.8 Å². The van der Waals surface area contributed by atoms with Gasteiger partial charge >= 0.3 is 0 Å². The van der Waals surface area contributed by atoms with Gasteiger partial charge in [0, 0.05) is 47.3 Å². The number of halogens is 1. The van der Waals surface area contributed by atoms with Crippen LogP contribution in [0.3, 0.4) is 0 Å². The highest BCUT2D eigenvalue weighted by Crippen LogP contribution is 2.28. The largest absolute Gasteiger partial charge is 0.493 e. The van der Waals surface area contributed by atoms with E-state index < -0.39 is 0 Å². The summed E-state index contributed by atoms with van der Waals surface area (Å²) in [4.78, 5) is 18.2. The first kappa shape index (κ1) is 21.2. The number of rotatable bonds is 8. The van der Waals surface area contributed by atoms with Crippen molar-refractivity contribution >= 4 is 22.5 Å². The molecule has 3 rings (SSSR count). The van der Waals surface area contributed by atoms with Crippen LogP contribution in [0, 0.1) is 5.92 Å². The summed E-state index contributed by atoms with van der Waals surface area (Å²) in [5.74, 6) is 1.91. The Labute approximate surface area is 176 Å². The topological polar surface area (TPSA) is 54.6 Å².